The van der Waals surface area contributed by atoms with E-state index in [9.17, 15) is 0 Å². The van der Waals surface area contributed by atoms with E-state index in [0.29, 0.717) is 6.54 Å². The summed E-state index contributed by atoms with van der Waals surface area (Å²) in [5.41, 5.74) is 0.800. The van der Waals surface area contributed by atoms with Gasteiger partial charge in [0, 0.05) is 26.3 Å². The molecule has 5 nitrogen and oxygen atoms in total. The van der Waals surface area contributed by atoms with Crippen LogP contribution >= 0.6 is 0 Å². The summed E-state index contributed by atoms with van der Waals surface area (Å²) in [6.07, 6.45) is 1.54. The normalized spacial score (nSPS) is 11.3. The first-order chi connectivity index (χ1) is 7.50. The van der Waals surface area contributed by atoms with E-state index in [-0.39, 0.29) is 5.60 Å². The topological polar surface area (TPSA) is 59.1 Å². The lowest BCUT2D eigenvalue weighted by Crippen LogP contribution is -2.32. The average molecular weight is 224 g/mol. The molecule has 5 heteroatoms. The van der Waals surface area contributed by atoms with Gasteiger partial charge in [0.2, 0.25) is 0 Å². The molecule has 0 unspecified atom stereocenters. The molecule has 1 aromatic rings. The number of hydrogen-bond donors (Lipinski definition) is 2. The summed E-state index contributed by atoms with van der Waals surface area (Å²) in [7, 11) is 3.55. The minimum Gasteiger partial charge on any atom is -0.377 e. The first kappa shape index (κ1) is 12.7. The summed E-state index contributed by atoms with van der Waals surface area (Å²) in [6.45, 7) is 6.73. The Hall–Kier alpha value is -1.36. The smallest absolute Gasteiger partial charge is 0.134 e. The Bertz CT molecular complexity index is 352. The Labute approximate surface area is 96.6 Å². The molecule has 0 saturated carbocycles. The molecule has 90 valence electrons. The second-order valence-corrected chi connectivity index (χ2v) is 4.26. The van der Waals surface area contributed by atoms with Crippen LogP contribution < -0.4 is 10.6 Å². The predicted octanol–water partition coefficient (Wildman–Crippen LogP) is 1.66. The molecule has 0 atom stereocenters. The van der Waals surface area contributed by atoms with Crippen LogP contribution in [0.2, 0.25) is 0 Å². The highest BCUT2D eigenvalue weighted by molar-refractivity contribution is 5.56. The zero-order valence-corrected chi connectivity index (χ0v) is 10.6. The van der Waals surface area contributed by atoms with Crippen molar-refractivity contribution < 1.29 is 4.74 Å². The zero-order chi connectivity index (χ0) is 12.2. The molecule has 1 aromatic heterocycles. The summed E-state index contributed by atoms with van der Waals surface area (Å²) in [5, 5.41) is 6.29. The van der Waals surface area contributed by atoms with Crippen LogP contribution in [0.5, 0.6) is 0 Å². The molecule has 0 saturated heterocycles. The lowest BCUT2D eigenvalue weighted by molar-refractivity contribution is 0.0343. The van der Waals surface area contributed by atoms with Crippen molar-refractivity contribution in [2.75, 3.05) is 31.3 Å². The van der Waals surface area contributed by atoms with Crippen LogP contribution in [0.25, 0.3) is 0 Å². The van der Waals surface area contributed by atoms with E-state index in [0.717, 1.165) is 17.2 Å². The fourth-order valence-electron chi connectivity index (χ4n) is 1.25. The molecule has 16 heavy (non-hydrogen) atoms. The third kappa shape index (κ3) is 3.06. The van der Waals surface area contributed by atoms with Gasteiger partial charge in [0.05, 0.1) is 5.60 Å². The van der Waals surface area contributed by atoms with Crippen LogP contribution in [0.4, 0.5) is 11.6 Å². The van der Waals surface area contributed by atoms with Crippen molar-refractivity contribution in [2.24, 2.45) is 0 Å². The van der Waals surface area contributed by atoms with Gasteiger partial charge in [-0.3, -0.25) is 0 Å². The third-order valence-electron chi connectivity index (χ3n) is 2.56. The Balaban J connectivity index is 2.75. The summed E-state index contributed by atoms with van der Waals surface area (Å²) >= 11 is 0. The number of hydrogen-bond acceptors (Lipinski definition) is 5. The van der Waals surface area contributed by atoms with Crippen LogP contribution in [0.1, 0.15) is 19.4 Å². The molecule has 0 aromatic carbocycles. The number of aromatic nitrogens is 2. The van der Waals surface area contributed by atoms with Crippen molar-refractivity contribution in [1.29, 1.82) is 0 Å². The first-order valence-corrected chi connectivity index (χ1v) is 5.28. The van der Waals surface area contributed by atoms with Gasteiger partial charge in [-0.25, -0.2) is 9.97 Å². The van der Waals surface area contributed by atoms with Gasteiger partial charge in [0.1, 0.15) is 18.0 Å². The zero-order valence-electron chi connectivity index (χ0n) is 10.6. The van der Waals surface area contributed by atoms with E-state index >= 15 is 0 Å². The fraction of sp³-hybridized carbons (Fsp3) is 0.636. The molecule has 0 spiro atoms. The van der Waals surface area contributed by atoms with Gasteiger partial charge in [0.25, 0.3) is 0 Å². The van der Waals surface area contributed by atoms with E-state index in [1.54, 1.807) is 13.4 Å². The summed E-state index contributed by atoms with van der Waals surface area (Å²) in [5.74, 6) is 1.68. The Morgan fingerprint density at radius 3 is 2.50 bits per heavy atom. The number of ether oxygens (including phenoxy) is 1. The van der Waals surface area contributed by atoms with Gasteiger partial charge >= 0.3 is 0 Å². The number of methoxy groups -OCH3 is 1. The van der Waals surface area contributed by atoms with Crippen LogP contribution in [0.3, 0.4) is 0 Å². The first-order valence-electron chi connectivity index (χ1n) is 5.28. The maximum Gasteiger partial charge on any atom is 0.134 e. The quantitative estimate of drug-likeness (QED) is 0.796. The monoisotopic (exact) mass is 224 g/mol. The maximum atomic E-state index is 5.33. The van der Waals surface area contributed by atoms with Crippen LogP contribution in [-0.2, 0) is 4.74 Å². The van der Waals surface area contributed by atoms with E-state index in [1.807, 2.05) is 27.8 Å². The summed E-state index contributed by atoms with van der Waals surface area (Å²) < 4.78 is 5.33. The highest BCUT2D eigenvalue weighted by Crippen LogP contribution is 2.18. The number of nitrogens with zero attached hydrogens (tertiary/aromatic N) is 2. The van der Waals surface area contributed by atoms with Crippen LogP contribution in [-0.4, -0.2) is 36.3 Å². The van der Waals surface area contributed by atoms with Gasteiger partial charge in [0.15, 0.2) is 0 Å². The van der Waals surface area contributed by atoms with Crippen molar-refractivity contribution in [3.05, 3.63) is 11.9 Å². The second-order valence-electron chi connectivity index (χ2n) is 4.26. The van der Waals surface area contributed by atoms with Crippen molar-refractivity contribution in [3.63, 3.8) is 0 Å². The molecular formula is C11H20N4O. The molecule has 0 radical (unpaired) electrons. The highest BCUT2D eigenvalue weighted by Gasteiger charge is 2.16. The van der Waals surface area contributed by atoms with Crippen LogP contribution in [0, 0.1) is 6.92 Å². The third-order valence-corrected chi connectivity index (χ3v) is 2.56. The molecule has 0 aliphatic heterocycles. The summed E-state index contributed by atoms with van der Waals surface area (Å²) in [6, 6.07) is 0. The van der Waals surface area contributed by atoms with E-state index in [1.165, 1.54) is 0 Å². The Morgan fingerprint density at radius 2 is 1.94 bits per heavy atom. The number of rotatable bonds is 5. The molecule has 0 amide bonds. The van der Waals surface area contributed by atoms with E-state index in [4.69, 9.17) is 4.74 Å². The fourth-order valence-corrected chi connectivity index (χ4v) is 1.25. The standard InChI is InChI=1S/C11H20N4O/c1-8-9(12-4)14-7-15-10(8)13-6-11(2,3)16-5/h7H,6H2,1-5H3,(H2,12,13,14,15). The predicted molar refractivity (Wildman–Crippen MR) is 65.9 cm³/mol. The van der Waals surface area contributed by atoms with Gasteiger partial charge in [-0.05, 0) is 20.8 Å². The Morgan fingerprint density at radius 1 is 1.31 bits per heavy atom. The molecule has 1 heterocycles. The lowest BCUT2D eigenvalue weighted by atomic mass is 10.1. The largest absolute Gasteiger partial charge is 0.377 e. The summed E-state index contributed by atoms with van der Waals surface area (Å²) in [4.78, 5) is 8.34. The molecule has 0 bridgehead atoms. The molecule has 0 aliphatic carbocycles. The molecular weight excluding hydrogens is 204 g/mol. The SMILES string of the molecule is CNc1ncnc(NCC(C)(C)OC)c1C. The van der Waals surface area contributed by atoms with Gasteiger partial charge < -0.3 is 15.4 Å². The van der Waals surface area contributed by atoms with E-state index < -0.39 is 0 Å². The van der Waals surface area contributed by atoms with Gasteiger partial charge in [-0.15, -0.1) is 0 Å². The Kier molecular flexibility index (Phi) is 4.06. The van der Waals surface area contributed by atoms with Crippen LogP contribution in [0.15, 0.2) is 6.33 Å². The minimum atomic E-state index is -0.211. The average Bonchev–Trinajstić information content (AvgIpc) is 2.28. The van der Waals surface area contributed by atoms with Crippen molar-refractivity contribution >= 4 is 11.6 Å². The van der Waals surface area contributed by atoms with E-state index in [2.05, 4.69) is 20.6 Å². The molecule has 0 fully saturated rings. The molecule has 0 aliphatic rings. The molecule has 1 rings (SSSR count). The van der Waals surface area contributed by atoms with Crippen molar-refractivity contribution in [3.8, 4) is 0 Å². The van der Waals surface area contributed by atoms with Crippen molar-refractivity contribution in [1.82, 2.24) is 9.97 Å². The minimum absolute atomic E-state index is 0.211. The van der Waals surface area contributed by atoms with Crippen molar-refractivity contribution in [2.45, 2.75) is 26.4 Å². The van der Waals surface area contributed by atoms with Gasteiger partial charge in [-0.2, -0.15) is 0 Å². The lowest BCUT2D eigenvalue weighted by Gasteiger charge is -2.24. The highest BCUT2D eigenvalue weighted by atomic mass is 16.5. The van der Waals surface area contributed by atoms with Gasteiger partial charge in [-0.1, -0.05) is 0 Å². The maximum absolute atomic E-state index is 5.33. The number of nitrogens with one attached hydrogen (secondary N) is 2. The second kappa shape index (κ2) is 5.12. The number of anilines is 2. The molecule has 2 N–H and O–H groups in total.